The van der Waals surface area contributed by atoms with Gasteiger partial charge >= 0.3 is 0 Å². The number of allylic oxidation sites excluding steroid dienone is 1. The summed E-state index contributed by atoms with van der Waals surface area (Å²) in [6, 6.07) is 6.89. The van der Waals surface area contributed by atoms with Crippen molar-refractivity contribution >= 4 is 15.7 Å². The minimum atomic E-state index is -3.65. The molecule has 0 saturated heterocycles. The molecule has 6 heteroatoms. The van der Waals surface area contributed by atoms with Crippen molar-refractivity contribution in [2.75, 3.05) is 0 Å². The molecule has 0 heterocycles. The first-order valence-electron chi connectivity index (χ1n) is 13.2. The molecular formula is C28H42N2O3S. The van der Waals surface area contributed by atoms with E-state index >= 15 is 0 Å². The summed E-state index contributed by atoms with van der Waals surface area (Å²) in [4.78, 5) is 2.80. The summed E-state index contributed by atoms with van der Waals surface area (Å²) >= 11 is 0. The van der Waals surface area contributed by atoms with E-state index < -0.39 is 10.0 Å². The fourth-order valence-corrected chi connectivity index (χ4v) is 8.33. The molecule has 34 heavy (non-hydrogen) atoms. The summed E-state index contributed by atoms with van der Waals surface area (Å²) in [6.07, 6.45) is 10.4. The van der Waals surface area contributed by atoms with Gasteiger partial charge < -0.3 is 5.11 Å². The van der Waals surface area contributed by atoms with Gasteiger partial charge in [-0.15, -0.1) is 0 Å². The van der Waals surface area contributed by atoms with Crippen LogP contribution in [0.5, 0.6) is 0 Å². The van der Waals surface area contributed by atoms with Crippen LogP contribution < -0.4 is 4.83 Å². The number of hydrogen-bond donors (Lipinski definition) is 2. The van der Waals surface area contributed by atoms with E-state index in [4.69, 9.17) is 0 Å². The first-order chi connectivity index (χ1) is 16.1. The maximum absolute atomic E-state index is 12.8. The van der Waals surface area contributed by atoms with Crippen LogP contribution in [0.3, 0.4) is 0 Å². The topological polar surface area (TPSA) is 78.8 Å². The molecule has 188 valence electrons. The second-order valence-corrected chi connectivity index (χ2v) is 12.8. The zero-order chi connectivity index (χ0) is 24.7. The minimum Gasteiger partial charge on any atom is -0.393 e. The van der Waals surface area contributed by atoms with Crippen LogP contribution in [0.1, 0.15) is 84.6 Å². The average molecular weight is 487 g/mol. The molecule has 4 aliphatic carbocycles. The highest BCUT2D eigenvalue weighted by Crippen LogP contribution is 2.64. The van der Waals surface area contributed by atoms with Gasteiger partial charge in [-0.3, -0.25) is 0 Å². The molecule has 1 aromatic carbocycles. The second-order valence-electron chi connectivity index (χ2n) is 11.1. The smallest absolute Gasteiger partial charge is 0.276 e. The van der Waals surface area contributed by atoms with Gasteiger partial charge in [0.25, 0.3) is 10.0 Å². The van der Waals surface area contributed by atoms with E-state index in [1.165, 1.54) is 5.57 Å². The Labute approximate surface area is 206 Å². The molecule has 0 aromatic heterocycles. The number of aliphatic hydroxyl groups excluding tert-OH is 1. The van der Waals surface area contributed by atoms with E-state index in [0.717, 1.165) is 62.6 Å². The normalized spacial score (nSPS) is 38.1. The molecule has 0 spiro atoms. The van der Waals surface area contributed by atoms with E-state index in [1.54, 1.807) is 12.1 Å². The Balaban J connectivity index is 0.00000133. The number of aryl methyl sites for hydroxylation is 1. The van der Waals surface area contributed by atoms with Gasteiger partial charge in [-0.05, 0) is 93.6 Å². The summed E-state index contributed by atoms with van der Waals surface area (Å²) in [5, 5.41) is 14.7. The molecule has 5 nitrogen and oxygen atoms in total. The molecule has 0 amide bonds. The average Bonchev–Trinajstić information content (AvgIpc) is 3.16. The molecule has 2 N–H and O–H groups in total. The predicted octanol–water partition coefficient (Wildman–Crippen LogP) is 5.98. The second kappa shape index (κ2) is 9.42. The van der Waals surface area contributed by atoms with Crippen LogP contribution in [0.4, 0.5) is 0 Å². The third-order valence-electron chi connectivity index (χ3n) is 9.45. The highest BCUT2D eigenvalue weighted by molar-refractivity contribution is 7.89. The molecule has 6 atom stereocenters. The van der Waals surface area contributed by atoms with Crippen molar-refractivity contribution in [2.24, 2.45) is 33.7 Å². The standard InChI is InChI=1S/C26H36N2O3S.C2H6/c1-17-4-7-20(8-5-17)32(30,31)28-27-24-11-10-22-21-9-6-18-16-19(29)12-14-25(18,2)23(21)13-15-26(22,24)3;1-2/h4-8,19,21-23,28-29H,9-16H2,1-3H3;1-2H3/b27-24+;. The van der Waals surface area contributed by atoms with Gasteiger partial charge in [-0.1, -0.05) is 57.0 Å². The summed E-state index contributed by atoms with van der Waals surface area (Å²) in [6.45, 7) is 10.7. The lowest BCUT2D eigenvalue weighted by Crippen LogP contribution is -2.50. The van der Waals surface area contributed by atoms with Gasteiger partial charge in [0.1, 0.15) is 0 Å². The Hall–Kier alpha value is -1.66. The number of benzene rings is 1. The van der Waals surface area contributed by atoms with E-state index in [2.05, 4.69) is 29.9 Å². The molecule has 0 aliphatic heterocycles. The summed E-state index contributed by atoms with van der Waals surface area (Å²) in [7, 11) is -3.65. The van der Waals surface area contributed by atoms with Crippen molar-refractivity contribution in [3.63, 3.8) is 0 Å². The quantitative estimate of drug-likeness (QED) is 0.407. The van der Waals surface area contributed by atoms with Crippen LogP contribution in [0, 0.1) is 35.5 Å². The molecule has 0 bridgehead atoms. The first-order valence-corrected chi connectivity index (χ1v) is 14.6. The predicted molar refractivity (Wildman–Crippen MR) is 138 cm³/mol. The van der Waals surface area contributed by atoms with Gasteiger partial charge in [0.2, 0.25) is 0 Å². The highest BCUT2D eigenvalue weighted by Gasteiger charge is 2.57. The Morgan fingerprint density at radius 3 is 2.35 bits per heavy atom. The Morgan fingerprint density at radius 1 is 1.00 bits per heavy atom. The van der Waals surface area contributed by atoms with Gasteiger partial charge in [-0.2, -0.15) is 13.5 Å². The number of nitrogens with one attached hydrogen (secondary N) is 1. The number of hydrogen-bond acceptors (Lipinski definition) is 4. The fraction of sp³-hybridized carbons (Fsp3) is 0.679. The summed E-state index contributed by atoms with van der Waals surface area (Å²) in [5.74, 6) is 1.83. The van der Waals surface area contributed by atoms with Crippen LogP contribution in [0.2, 0.25) is 0 Å². The van der Waals surface area contributed by atoms with Crippen LogP contribution in [0.15, 0.2) is 45.9 Å². The Kier molecular flexibility index (Phi) is 7.05. The largest absolute Gasteiger partial charge is 0.393 e. The monoisotopic (exact) mass is 486 g/mol. The van der Waals surface area contributed by atoms with Crippen molar-refractivity contribution < 1.29 is 13.5 Å². The van der Waals surface area contributed by atoms with Crippen molar-refractivity contribution in [2.45, 2.75) is 97.0 Å². The van der Waals surface area contributed by atoms with Crippen molar-refractivity contribution in [3.8, 4) is 0 Å². The lowest BCUT2D eigenvalue weighted by molar-refractivity contribution is -0.0209. The SMILES string of the molecule is CC.Cc1ccc(S(=O)(=O)N/N=C2\CCC3C4CC=C5CC(O)CCC5(C)C4CCC23C)cc1. The molecule has 3 fully saturated rings. The Morgan fingerprint density at radius 2 is 1.65 bits per heavy atom. The number of aliphatic hydroxyl groups is 1. The molecule has 5 rings (SSSR count). The summed E-state index contributed by atoms with van der Waals surface area (Å²) < 4.78 is 25.5. The molecule has 3 saturated carbocycles. The zero-order valence-corrected chi connectivity index (χ0v) is 22.3. The fourth-order valence-electron chi connectivity index (χ4n) is 7.50. The van der Waals surface area contributed by atoms with Gasteiger partial charge in [0, 0.05) is 11.1 Å². The third-order valence-corrected chi connectivity index (χ3v) is 10.7. The number of sulfonamides is 1. The lowest BCUT2D eigenvalue weighted by atomic mass is 9.48. The van der Waals surface area contributed by atoms with E-state index in [0.29, 0.717) is 17.8 Å². The molecule has 4 aliphatic rings. The van der Waals surface area contributed by atoms with E-state index in [9.17, 15) is 13.5 Å². The molecule has 0 radical (unpaired) electrons. The number of rotatable bonds is 3. The maximum atomic E-state index is 12.8. The van der Waals surface area contributed by atoms with Crippen LogP contribution in [0.25, 0.3) is 0 Å². The number of fused-ring (bicyclic) bond motifs is 5. The minimum absolute atomic E-state index is 0.0349. The van der Waals surface area contributed by atoms with Gasteiger partial charge in [-0.25, -0.2) is 4.83 Å². The van der Waals surface area contributed by atoms with Crippen molar-refractivity contribution in [1.82, 2.24) is 4.83 Å². The maximum Gasteiger partial charge on any atom is 0.276 e. The Bertz CT molecular complexity index is 1060. The molecular weight excluding hydrogens is 444 g/mol. The number of hydrazone groups is 1. The van der Waals surface area contributed by atoms with Crippen LogP contribution in [-0.2, 0) is 10.0 Å². The first kappa shape index (κ1) is 25.4. The third kappa shape index (κ3) is 4.26. The lowest BCUT2D eigenvalue weighted by Gasteiger charge is -2.57. The zero-order valence-electron chi connectivity index (χ0n) is 21.5. The van der Waals surface area contributed by atoms with Gasteiger partial charge in [0.15, 0.2) is 0 Å². The molecule has 1 aromatic rings. The van der Waals surface area contributed by atoms with E-state index in [-0.39, 0.29) is 21.8 Å². The van der Waals surface area contributed by atoms with Crippen molar-refractivity contribution in [3.05, 3.63) is 41.5 Å². The summed E-state index contributed by atoms with van der Waals surface area (Å²) in [5.41, 5.74) is 3.72. The van der Waals surface area contributed by atoms with E-state index in [1.807, 2.05) is 32.9 Å². The highest BCUT2D eigenvalue weighted by atomic mass is 32.2. The number of nitrogens with zero attached hydrogens (tertiary/aromatic N) is 1. The van der Waals surface area contributed by atoms with Gasteiger partial charge in [0.05, 0.1) is 11.0 Å². The van der Waals surface area contributed by atoms with Crippen LogP contribution >= 0.6 is 0 Å². The molecule has 6 unspecified atom stereocenters. The van der Waals surface area contributed by atoms with Crippen molar-refractivity contribution in [1.29, 1.82) is 0 Å². The van der Waals surface area contributed by atoms with Crippen LogP contribution in [-0.4, -0.2) is 25.3 Å².